The maximum absolute atomic E-state index is 11.3. The summed E-state index contributed by atoms with van der Waals surface area (Å²) >= 11 is 1.33. The van der Waals surface area contributed by atoms with Crippen molar-refractivity contribution in [2.75, 3.05) is 6.54 Å². The molecule has 1 amide bonds. The molecule has 3 heteroatoms. The molecule has 0 aromatic heterocycles. The minimum atomic E-state index is 0.0762. The van der Waals surface area contributed by atoms with Crippen LogP contribution in [0.15, 0.2) is 30.3 Å². The van der Waals surface area contributed by atoms with Gasteiger partial charge in [0.25, 0.3) is 5.24 Å². The maximum atomic E-state index is 11.3. The van der Waals surface area contributed by atoms with Gasteiger partial charge in [-0.15, -0.1) is 0 Å². The Morgan fingerprint density at radius 2 is 2.07 bits per heavy atom. The lowest BCUT2D eigenvalue weighted by Gasteiger charge is -2.03. The minimum Gasteiger partial charge on any atom is -0.347 e. The fourth-order valence-corrected chi connectivity index (χ4v) is 1.84. The lowest BCUT2D eigenvalue weighted by molar-refractivity contribution is 0.260. The molecule has 0 aliphatic heterocycles. The summed E-state index contributed by atoms with van der Waals surface area (Å²) in [6.45, 7) is 2.90. The maximum Gasteiger partial charge on any atom is 0.279 e. The number of hydrogen-bond donors (Lipinski definition) is 1. The predicted octanol–water partition coefficient (Wildman–Crippen LogP) is 3.43. The van der Waals surface area contributed by atoms with Gasteiger partial charge in [-0.05, 0) is 12.0 Å². The van der Waals surface area contributed by atoms with Crippen LogP contribution in [-0.4, -0.2) is 11.8 Å². The largest absolute Gasteiger partial charge is 0.347 e. The van der Waals surface area contributed by atoms with Crippen LogP contribution >= 0.6 is 11.8 Å². The van der Waals surface area contributed by atoms with Gasteiger partial charge in [0.1, 0.15) is 0 Å². The van der Waals surface area contributed by atoms with Crippen LogP contribution in [0.5, 0.6) is 0 Å². The van der Waals surface area contributed by atoms with Crippen LogP contribution < -0.4 is 5.32 Å². The van der Waals surface area contributed by atoms with Gasteiger partial charge in [0.15, 0.2) is 0 Å². The lowest BCUT2D eigenvalue weighted by atomic mass is 10.2. The molecular weight excluding hydrogens is 206 g/mol. The number of benzene rings is 1. The number of carbonyl (C=O) groups excluding carboxylic acids is 1. The summed E-state index contributed by atoms with van der Waals surface area (Å²) < 4.78 is 0. The number of unbranched alkanes of at least 4 members (excludes halogenated alkanes) is 1. The molecule has 1 aromatic rings. The van der Waals surface area contributed by atoms with Crippen LogP contribution in [-0.2, 0) is 5.75 Å². The van der Waals surface area contributed by atoms with Crippen LogP contribution in [0.4, 0.5) is 4.79 Å². The Labute approximate surface area is 95.5 Å². The molecule has 0 radical (unpaired) electrons. The molecule has 0 saturated heterocycles. The monoisotopic (exact) mass is 223 g/mol. The predicted molar refractivity (Wildman–Crippen MR) is 66.0 cm³/mol. The first kappa shape index (κ1) is 12.1. The van der Waals surface area contributed by atoms with Crippen molar-refractivity contribution in [1.29, 1.82) is 0 Å². The molecule has 82 valence electrons. The quantitative estimate of drug-likeness (QED) is 0.775. The molecule has 2 nitrogen and oxygen atoms in total. The summed E-state index contributed by atoms with van der Waals surface area (Å²) in [5.74, 6) is 0.749. The van der Waals surface area contributed by atoms with Gasteiger partial charge in [-0.3, -0.25) is 4.79 Å². The van der Waals surface area contributed by atoms with Gasteiger partial charge in [0.05, 0.1) is 0 Å². The van der Waals surface area contributed by atoms with E-state index in [2.05, 4.69) is 12.2 Å². The van der Waals surface area contributed by atoms with E-state index in [0.29, 0.717) is 0 Å². The van der Waals surface area contributed by atoms with E-state index in [0.717, 1.165) is 25.1 Å². The topological polar surface area (TPSA) is 29.1 Å². The van der Waals surface area contributed by atoms with Crippen molar-refractivity contribution >= 4 is 17.0 Å². The first-order valence-electron chi connectivity index (χ1n) is 5.27. The third-order valence-electron chi connectivity index (χ3n) is 2.01. The highest BCUT2D eigenvalue weighted by molar-refractivity contribution is 8.12. The normalized spacial score (nSPS) is 9.93. The highest BCUT2D eigenvalue weighted by Gasteiger charge is 2.01. The summed E-state index contributed by atoms with van der Waals surface area (Å²) in [6.07, 6.45) is 2.17. The second kappa shape index (κ2) is 7.35. The Bertz CT molecular complexity index is 287. The highest BCUT2D eigenvalue weighted by Crippen LogP contribution is 2.11. The Kier molecular flexibility index (Phi) is 5.93. The molecule has 0 unspecified atom stereocenters. The van der Waals surface area contributed by atoms with Crippen LogP contribution in [0.2, 0.25) is 0 Å². The van der Waals surface area contributed by atoms with Crippen molar-refractivity contribution in [3.63, 3.8) is 0 Å². The molecule has 0 aliphatic rings. The van der Waals surface area contributed by atoms with E-state index in [9.17, 15) is 4.79 Å². The molecule has 0 bridgehead atoms. The summed E-state index contributed by atoms with van der Waals surface area (Å²) in [5.41, 5.74) is 1.19. The van der Waals surface area contributed by atoms with Gasteiger partial charge in [0.2, 0.25) is 0 Å². The Hall–Kier alpha value is -0.960. The van der Waals surface area contributed by atoms with Crippen molar-refractivity contribution in [3.05, 3.63) is 35.9 Å². The molecule has 0 heterocycles. The van der Waals surface area contributed by atoms with Gasteiger partial charge in [-0.2, -0.15) is 0 Å². The number of amides is 1. The third-order valence-corrected chi connectivity index (χ3v) is 2.90. The Morgan fingerprint density at radius 1 is 1.33 bits per heavy atom. The fraction of sp³-hybridized carbons (Fsp3) is 0.417. The third kappa shape index (κ3) is 5.47. The Morgan fingerprint density at radius 3 is 2.73 bits per heavy atom. The summed E-state index contributed by atoms with van der Waals surface area (Å²) in [4.78, 5) is 11.3. The Balaban J connectivity index is 2.17. The van der Waals surface area contributed by atoms with Gasteiger partial charge < -0.3 is 5.32 Å². The van der Waals surface area contributed by atoms with Gasteiger partial charge in [-0.1, -0.05) is 55.4 Å². The van der Waals surface area contributed by atoms with Crippen molar-refractivity contribution in [2.24, 2.45) is 0 Å². The zero-order valence-electron chi connectivity index (χ0n) is 9.03. The van der Waals surface area contributed by atoms with Crippen molar-refractivity contribution in [1.82, 2.24) is 5.32 Å². The van der Waals surface area contributed by atoms with E-state index in [-0.39, 0.29) is 5.24 Å². The number of carbonyl (C=O) groups is 1. The fourth-order valence-electron chi connectivity index (χ4n) is 1.14. The number of rotatable bonds is 5. The molecule has 15 heavy (non-hydrogen) atoms. The van der Waals surface area contributed by atoms with Crippen LogP contribution in [0.3, 0.4) is 0 Å². The standard InChI is InChI=1S/C12H17NOS/c1-2-3-9-13-12(14)15-10-11-7-5-4-6-8-11/h4-8H,2-3,9-10H2,1H3,(H,13,14). The summed E-state index contributed by atoms with van der Waals surface area (Å²) in [6, 6.07) is 10.0. The number of hydrogen-bond acceptors (Lipinski definition) is 2. The smallest absolute Gasteiger partial charge is 0.279 e. The number of nitrogens with one attached hydrogen (secondary N) is 1. The van der Waals surface area contributed by atoms with E-state index in [1.165, 1.54) is 17.3 Å². The molecule has 0 saturated carbocycles. The zero-order valence-corrected chi connectivity index (χ0v) is 9.85. The second-order valence-corrected chi connectivity index (χ2v) is 4.29. The molecule has 0 spiro atoms. The van der Waals surface area contributed by atoms with Crippen molar-refractivity contribution < 1.29 is 4.79 Å². The highest BCUT2D eigenvalue weighted by atomic mass is 32.2. The van der Waals surface area contributed by atoms with E-state index in [4.69, 9.17) is 0 Å². The first-order valence-corrected chi connectivity index (χ1v) is 6.26. The summed E-state index contributed by atoms with van der Waals surface area (Å²) in [7, 11) is 0. The second-order valence-electron chi connectivity index (χ2n) is 3.34. The zero-order chi connectivity index (χ0) is 10.9. The van der Waals surface area contributed by atoms with E-state index < -0.39 is 0 Å². The van der Waals surface area contributed by atoms with Gasteiger partial charge in [-0.25, -0.2) is 0 Å². The first-order chi connectivity index (χ1) is 7.33. The van der Waals surface area contributed by atoms with E-state index in [1.54, 1.807) is 0 Å². The van der Waals surface area contributed by atoms with E-state index in [1.807, 2.05) is 30.3 Å². The van der Waals surface area contributed by atoms with Crippen molar-refractivity contribution in [3.8, 4) is 0 Å². The molecule has 0 fully saturated rings. The summed E-state index contributed by atoms with van der Waals surface area (Å²) in [5, 5.41) is 2.95. The van der Waals surface area contributed by atoms with E-state index >= 15 is 0 Å². The lowest BCUT2D eigenvalue weighted by Crippen LogP contribution is -2.19. The molecule has 1 N–H and O–H groups in total. The average Bonchev–Trinajstić information content (AvgIpc) is 2.28. The van der Waals surface area contributed by atoms with Gasteiger partial charge >= 0.3 is 0 Å². The van der Waals surface area contributed by atoms with Crippen LogP contribution in [0, 0.1) is 0 Å². The van der Waals surface area contributed by atoms with Crippen LogP contribution in [0.25, 0.3) is 0 Å². The molecule has 1 rings (SSSR count). The number of thioether (sulfide) groups is 1. The van der Waals surface area contributed by atoms with Crippen molar-refractivity contribution in [2.45, 2.75) is 25.5 Å². The minimum absolute atomic E-state index is 0.0762. The van der Waals surface area contributed by atoms with Gasteiger partial charge in [0, 0.05) is 12.3 Å². The molecule has 1 aromatic carbocycles. The SMILES string of the molecule is CCCCNC(=O)SCc1ccccc1. The molecule has 0 atom stereocenters. The van der Waals surface area contributed by atoms with Crippen LogP contribution in [0.1, 0.15) is 25.3 Å². The molecular formula is C12H17NOS. The average molecular weight is 223 g/mol. The molecule has 0 aliphatic carbocycles.